The minimum absolute atomic E-state index is 0. The molecule has 1 fully saturated rings. The fourth-order valence-electron chi connectivity index (χ4n) is 0.923. The van der Waals surface area contributed by atoms with Crippen molar-refractivity contribution in [3.8, 4) is 0 Å². The summed E-state index contributed by atoms with van der Waals surface area (Å²) in [6.45, 7) is 0. The first-order valence-corrected chi connectivity index (χ1v) is 4.07. The molecule has 0 unspecified atom stereocenters. The number of anilines is 1. The van der Waals surface area contributed by atoms with Crippen molar-refractivity contribution in [2.45, 2.75) is 18.9 Å². The fourth-order valence-corrected chi connectivity index (χ4v) is 0.923. The minimum atomic E-state index is -1.00. The van der Waals surface area contributed by atoms with Gasteiger partial charge < -0.3 is 10.4 Å². The second-order valence-corrected chi connectivity index (χ2v) is 3.02. The molecular weight excluding hydrogens is 177 g/mol. The molecular formula is C8H10LiN3O2. The van der Waals surface area contributed by atoms with E-state index in [1.54, 1.807) is 0 Å². The Kier molecular flexibility index (Phi) is 3.50. The molecule has 0 aromatic carbocycles. The first-order chi connectivity index (χ1) is 6.25. The van der Waals surface area contributed by atoms with Crippen LogP contribution >= 0.6 is 0 Å². The molecule has 2 N–H and O–H groups in total. The van der Waals surface area contributed by atoms with Crippen molar-refractivity contribution in [1.29, 1.82) is 0 Å². The SMILES string of the molecule is O=C(O)c1cnc(NC2CC2)nc1.[LiH]. The third-order valence-corrected chi connectivity index (χ3v) is 1.81. The zero-order chi connectivity index (χ0) is 9.26. The van der Waals surface area contributed by atoms with E-state index >= 15 is 0 Å². The molecule has 0 aliphatic heterocycles. The van der Waals surface area contributed by atoms with Crippen molar-refractivity contribution in [3.05, 3.63) is 18.0 Å². The standard InChI is InChI=1S/C8H9N3O2.Li.H/c12-7(13)5-3-9-8(10-4-5)11-6-1-2-6;;/h3-4,6H,1-2H2,(H,12,13)(H,9,10,11);;. The number of nitrogens with zero attached hydrogens (tertiary/aromatic N) is 2. The van der Waals surface area contributed by atoms with Gasteiger partial charge in [-0.1, -0.05) is 0 Å². The van der Waals surface area contributed by atoms with Crippen LogP contribution in [-0.2, 0) is 0 Å². The number of carboxylic acids is 1. The van der Waals surface area contributed by atoms with E-state index in [0.29, 0.717) is 12.0 Å². The van der Waals surface area contributed by atoms with E-state index in [1.807, 2.05) is 0 Å². The van der Waals surface area contributed by atoms with E-state index < -0.39 is 5.97 Å². The topological polar surface area (TPSA) is 75.1 Å². The number of hydrogen-bond donors (Lipinski definition) is 2. The van der Waals surface area contributed by atoms with Crippen LogP contribution in [0.15, 0.2) is 12.4 Å². The van der Waals surface area contributed by atoms with E-state index in [0.717, 1.165) is 12.8 Å². The molecule has 0 atom stereocenters. The van der Waals surface area contributed by atoms with E-state index in [-0.39, 0.29) is 24.4 Å². The van der Waals surface area contributed by atoms with Crippen LogP contribution in [0, 0.1) is 0 Å². The average Bonchev–Trinajstić information content (AvgIpc) is 2.89. The molecule has 0 radical (unpaired) electrons. The van der Waals surface area contributed by atoms with Crippen LogP contribution in [0.25, 0.3) is 0 Å². The Balaban J connectivity index is 0.000000980. The molecule has 70 valence electrons. The summed E-state index contributed by atoms with van der Waals surface area (Å²) in [6, 6.07) is 0.482. The summed E-state index contributed by atoms with van der Waals surface area (Å²) in [5.41, 5.74) is 0.112. The average molecular weight is 187 g/mol. The van der Waals surface area contributed by atoms with E-state index in [9.17, 15) is 4.79 Å². The summed E-state index contributed by atoms with van der Waals surface area (Å²) in [4.78, 5) is 18.2. The predicted molar refractivity (Wildman–Crippen MR) is 52.8 cm³/mol. The van der Waals surface area contributed by atoms with Gasteiger partial charge in [-0.15, -0.1) is 0 Å². The fraction of sp³-hybridized carbons (Fsp3) is 0.375. The zero-order valence-electron chi connectivity index (χ0n) is 6.90. The molecule has 1 saturated carbocycles. The molecule has 14 heavy (non-hydrogen) atoms. The van der Waals surface area contributed by atoms with Gasteiger partial charge in [0.15, 0.2) is 0 Å². The van der Waals surface area contributed by atoms with E-state index in [2.05, 4.69) is 15.3 Å². The second-order valence-electron chi connectivity index (χ2n) is 3.02. The summed E-state index contributed by atoms with van der Waals surface area (Å²) in [5.74, 6) is -0.495. The van der Waals surface area contributed by atoms with Crippen LogP contribution < -0.4 is 5.32 Å². The summed E-state index contributed by atoms with van der Waals surface area (Å²) >= 11 is 0. The molecule has 1 heterocycles. The molecule has 0 saturated heterocycles. The van der Waals surface area contributed by atoms with Crippen molar-refractivity contribution >= 4 is 30.8 Å². The Morgan fingerprint density at radius 1 is 1.43 bits per heavy atom. The maximum atomic E-state index is 10.4. The van der Waals surface area contributed by atoms with Gasteiger partial charge in [-0.3, -0.25) is 0 Å². The van der Waals surface area contributed by atoms with Crippen molar-refractivity contribution in [2.24, 2.45) is 0 Å². The Morgan fingerprint density at radius 3 is 2.43 bits per heavy atom. The van der Waals surface area contributed by atoms with Crippen LogP contribution in [0.3, 0.4) is 0 Å². The van der Waals surface area contributed by atoms with Gasteiger partial charge in [0.25, 0.3) is 0 Å². The number of carboxylic acid groups (broad SMARTS) is 1. The maximum absolute atomic E-state index is 10.4. The first-order valence-electron chi connectivity index (χ1n) is 4.07. The number of hydrogen-bond acceptors (Lipinski definition) is 4. The molecule has 0 bridgehead atoms. The number of aromatic carboxylic acids is 1. The van der Waals surface area contributed by atoms with Crippen molar-refractivity contribution in [2.75, 3.05) is 5.32 Å². The number of aromatic nitrogens is 2. The quantitative estimate of drug-likeness (QED) is 0.656. The van der Waals surface area contributed by atoms with Gasteiger partial charge in [-0.25, -0.2) is 14.8 Å². The summed E-state index contributed by atoms with van der Waals surface area (Å²) in [5, 5.41) is 11.6. The van der Waals surface area contributed by atoms with Gasteiger partial charge in [0, 0.05) is 18.4 Å². The summed E-state index contributed by atoms with van der Waals surface area (Å²) < 4.78 is 0. The first kappa shape index (κ1) is 11.0. The van der Waals surface area contributed by atoms with Crippen LogP contribution in [0.1, 0.15) is 23.2 Å². The normalized spacial score (nSPS) is 14.3. The molecule has 1 aliphatic rings. The van der Waals surface area contributed by atoms with Gasteiger partial charge in [-0.2, -0.15) is 0 Å². The van der Waals surface area contributed by atoms with E-state index in [1.165, 1.54) is 12.4 Å². The zero-order valence-corrected chi connectivity index (χ0v) is 6.90. The van der Waals surface area contributed by atoms with Crippen LogP contribution in [0.4, 0.5) is 5.95 Å². The van der Waals surface area contributed by atoms with Gasteiger partial charge in [0.2, 0.25) is 5.95 Å². The van der Waals surface area contributed by atoms with Crippen LogP contribution in [0.2, 0.25) is 0 Å². The predicted octanol–water partition coefficient (Wildman–Crippen LogP) is 0.101. The number of carbonyl (C=O) groups is 1. The molecule has 2 rings (SSSR count). The summed E-state index contributed by atoms with van der Waals surface area (Å²) in [7, 11) is 0. The molecule has 6 heteroatoms. The summed E-state index contributed by atoms with van der Waals surface area (Å²) in [6.07, 6.45) is 4.90. The molecule has 5 nitrogen and oxygen atoms in total. The van der Waals surface area contributed by atoms with Crippen LogP contribution in [-0.4, -0.2) is 45.9 Å². The molecule has 1 aromatic rings. The molecule has 1 aromatic heterocycles. The van der Waals surface area contributed by atoms with Gasteiger partial charge in [-0.05, 0) is 12.8 Å². The Bertz CT molecular complexity index is 324. The third-order valence-electron chi connectivity index (χ3n) is 1.81. The Hall–Kier alpha value is -1.05. The van der Waals surface area contributed by atoms with Crippen molar-refractivity contribution < 1.29 is 9.90 Å². The third kappa shape index (κ3) is 2.72. The number of rotatable bonds is 3. The monoisotopic (exact) mass is 187 g/mol. The van der Waals surface area contributed by atoms with Crippen molar-refractivity contribution in [1.82, 2.24) is 9.97 Å². The van der Waals surface area contributed by atoms with Gasteiger partial charge >= 0.3 is 24.8 Å². The van der Waals surface area contributed by atoms with Gasteiger partial charge in [0.1, 0.15) is 0 Å². The molecule has 0 amide bonds. The molecule has 1 aliphatic carbocycles. The van der Waals surface area contributed by atoms with Crippen molar-refractivity contribution in [3.63, 3.8) is 0 Å². The molecule has 0 spiro atoms. The van der Waals surface area contributed by atoms with Gasteiger partial charge in [0.05, 0.1) is 5.56 Å². The van der Waals surface area contributed by atoms with Crippen LogP contribution in [0.5, 0.6) is 0 Å². The Morgan fingerprint density at radius 2 is 2.00 bits per heavy atom. The second kappa shape index (κ2) is 4.45. The Labute approximate surface area is 93.1 Å². The number of nitrogens with one attached hydrogen (secondary N) is 1. The van der Waals surface area contributed by atoms with E-state index in [4.69, 9.17) is 5.11 Å².